The van der Waals surface area contributed by atoms with Gasteiger partial charge in [0.15, 0.2) is 0 Å². The van der Waals surface area contributed by atoms with Gasteiger partial charge in [-0.05, 0) is 36.8 Å². The summed E-state index contributed by atoms with van der Waals surface area (Å²) in [5.41, 5.74) is 1.98. The van der Waals surface area contributed by atoms with Gasteiger partial charge in [-0.15, -0.1) is 11.6 Å². The topological polar surface area (TPSA) is 17.8 Å². The van der Waals surface area contributed by atoms with Gasteiger partial charge >= 0.3 is 0 Å². The van der Waals surface area contributed by atoms with E-state index in [1.807, 2.05) is 18.2 Å². The molecule has 0 spiro atoms. The Labute approximate surface area is 117 Å². The summed E-state index contributed by atoms with van der Waals surface area (Å²) in [7, 11) is 0. The number of nitrogens with zero attached hydrogens (tertiary/aromatic N) is 2. The van der Waals surface area contributed by atoms with Gasteiger partial charge in [-0.2, -0.15) is 0 Å². The zero-order chi connectivity index (χ0) is 12.7. The Hall–Kier alpha value is -0.730. The van der Waals surface area contributed by atoms with Crippen molar-refractivity contribution in [3.8, 4) is 0 Å². The van der Waals surface area contributed by atoms with Gasteiger partial charge in [-0.25, -0.2) is 4.98 Å². The van der Waals surface area contributed by atoms with Gasteiger partial charge in [0.25, 0.3) is 0 Å². The Morgan fingerprint density at radius 3 is 2.89 bits per heavy atom. The van der Waals surface area contributed by atoms with Crippen molar-refractivity contribution in [1.82, 2.24) is 9.55 Å². The zero-order valence-electron chi connectivity index (χ0n) is 10.4. The quantitative estimate of drug-likeness (QED) is 0.757. The van der Waals surface area contributed by atoms with Gasteiger partial charge in [-0.3, -0.25) is 0 Å². The van der Waals surface area contributed by atoms with Crippen LogP contribution in [0.25, 0.3) is 11.0 Å². The maximum atomic E-state index is 6.31. The number of halogens is 2. The van der Waals surface area contributed by atoms with Crippen LogP contribution in [0.1, 0.15) is 25.6 Å². The molecule has 18 heavy (non-hydrogen) atoms. The fourth-order valence-electron chi connectivity index (χ4n) is 2.59. The molecule has 4 heteroatoms. The first-order chi connectivity index (χ1) is 8.70. The molecule has 1 heterocycles. The maximum absolute atomic E-state index is 6.31. The van der Waals surface area contributed by atoms with E-state index in [0.29, 0.717) is 11.8 Å². The average Bonchev–Trinajstić information content (AvgIpc) is 3.14. The normalized spacial score (nSPS) is 17.3. The van der Waals surface area contributed by atoms with E-state index in [-0.39, 0.29) is 0 Å². The number of alkyl halides is 1. The highest BCUT2D eigenvalue weighted by Gasteiger charge is 2.29. The molecule has 0 N–H and O–H groups in total. The Bertz CT molecular complexity index is 572. The first kappa shape index (κ1) is 12.3. The van der Waals surface area contributed by atoms with Crippen LogP contribution in [0.2, 0.25) is 5.02 Å². The van der Waals surface area contributed by atoms with E-state index in [1.54, 1.807) is 0 Å². The molecule has 2 aromatic rings. The molecule has 0 amide bonds. The second-order valence-electron chi connectivity index (χ2n) is 5.19. The van der Waals surface area contributed by atoms with E-state index in [2.05, 4.69) is 16.5 Å². The Morgan fingerprint density at radius 2 is 2.22 bits per heavy atom. The van der Waals surface area contributed by atoms with Crippen LogP contribution in [0.4, 0.5) is 0 Å². The minimum atomic E-state index is 0.433. The van der Waals surface area contributed by atoms with E-state index in [9.17, 15) is 0 Å². The fraction of sp³-hybridized carbons (Fsp3) is 0.500. The lowest BCUT2D eigenvalue weighted by molar-refractivity contribution is 0.431. The van der Waals surface area contributed by atoms with Gasteiger partial charge in [0.1, 0.15) is 5.82 Å². The third kappa shape index (κ3) is 2.12. The minimum Gasteiger partial charge on any atom is -0.325 e. The third-order valence-corrected chi connectivity index (χ3v) is 4.36. The molecule has 1 aliphatic rings. The van der Waals surface area contributed by atoms with E-state index < -0.39 is 0 Å². The van der Waals surface area contributed by atoms with Crippen molar-refractivity contribution in [3.63, 3.8) is 0 Å². The maximum Gasteiger partial charge on any atom is 0.124 e. The van der Waals surface area contributed by atoms with Gasteiger partial charge in [0.05, 0.1) is 21.9 Å². The van der Waals surface area contributed by atoms with Crippen LogP contribution >= 0.6 is 23.2 Å². The Kier molecular flexibility index (Phi) is 3.25. The Morgan fingerprint density at radius 1 is 1.44 bits per heavy atom. The molecule has 1 aliphatic carbocycles. The van der Waals surface area contributed by atoms with Crippen LogP contribution in [0.15, 0.2) is 18.2 Å². The third-order valence-electron chi connectivity index (χ3n) is 3.81. The predicted octanol–water partition coefficient (Wildman–Crippen LogP) is 4.47. The number of benzene rings is 1. The van der Waals surface area contributed by atoms with E-state index in [1.165, 1.54) is 12.8 Å². The molecular formula is C14H16Cl2N2. The smallest absolute Gasteiger partial charge is 0.124 e. The van der Waals surface area contributed by atoms with Crippen molar-refractivity contribution >= 4 is 34.2 Å². The number of hydrogen-bond donors (Lipinski definition) is 0. The largest absolute Gasteiger partial charge is 0.325 e. The van der Waals surface area contributed by atoms with E-state index in [4.69, 9.17) is 23.2 Å². The summed E-state index contributed by atoms with van der Waals surface area (Å²) in [6.07, 6.45) is 2.72. The van der Waals surface area contributed by atoms with Crippen LogP contribution in [-0.4, -0.2) is 9.55 Å². The molecule has 1 aromatic heterocycles. The number of imidazole rings is 1. The molecular weight excluding hydrogens is 267 g/mol. The van der Waals surface area contributed by atoms with Crippen molar-refractivity contribution in [2.45, 2.75) is 32.2 Å². The Balaban J connectivity index is 2.06. The first-order valence-corrected chi connectivity index (χ1v) is 7.31. The van der Waals surface area contributed by atoms with Gasteiger partial charge in [0.2, 0.25) is 0 Å². The molecule has 1 atom stereocenters. The van der Waals surface area contributed by atoms with Crippen LogP contribution < -0.4 is 0 Å². The molecule has 3 rings (SSSR count). The number of para-hydroxylation sites is 1. The first-order valence-electron chi connectivity index (χ1n) is 6.40. The summed E-state index contributed by atoms with van der Waals surface area (Å²) < 4.78 is 2.20. The summed E-state index contributed by atoms with van der Waals surface area (Å²) in [4.78, 5) is 4.57. The lowest BCUT2D eigenvalue weighted by Crippen LogP contribution is -2.11. The molecule has 0 radical (unpaired) electrons. The van der Waals surface area contributed by atoms with Crippen molar-refractivity contribution in [2.75, 3.05) is 0 Å². The highest BCUT2D eigenvalue weighted by atomic mass is 35.5. The summed E-state index contributed by atoms with van der Waals surface area (Å²) in [5, 5.41) is 0.763. The van der Waals surface area contributed by atoms with Crippen molar-refractivity contribution in [2.24, 2.45) is 11.8 Å². The molecule has 2 nitrogen and oxygen atoms in total. The predicted molar refractivity (Wildman–Crippen MR) is 76.2 cm³/mol. The van der Waals surface area contributed by atoms with Gasteiger partial charge in [-0.1, -0.05) is 24.6 Å². The summed E-state index contributed by atoms with van der Waals surface area (Å²) in [5.74, 6) is 2.89. The number of aromatic nitrogens is 2. The van der Waals surface area contributed by atoms with Crippen LogP contribution in [0.3, 0.4) is 0 Å². The molecule has 0 saturated heterocycles. The summed E-state index contributed by atoms with van der Waals surface area (Å²) in [6.45, 7) is 3.27. The lowest BCUT2D eigenvalue weighted by Gasteiger charge is -2.14. The summed E-state index contributed by atoms with van der Waals surface area (Å²) in [6, 6.07) is 5.85. The molecule has 96 valence electrons. The average molecular weight is 283 g/mol. The fourth-order valence-corrected chi connectivity index (χ4v) is 3.07. The molecule has 0 bridgehead atoms. The standard InChI is InChI=1S/C14H16Cl2N2/c1-9(10-5-6-10)8-18-13(7-15)17-12-4-2-3-11(16)14(12)18/h2-4,9-10H,5-8H2,1H3. The zero-order valence-corrected chi connectivity index (χ0v) is 11.9. The summed E-state index contributed by atoms with van der Waals surface area (Å²) >= 11 is 12.3. The van der Waals surface area contributed by atoms with Crippen LogP contribution in [0.5, 0.6) is 0 Å². The molecule has 0 aliphatic heterocycles. The monoisotopic (exact) mass is 282 g/mol. The van der Waals surface area contributed by atoms with Crippen molar-refractivity contribution in [1.29, 1.82) is 0 Å². The van der Waals surface area contributed by atoms with Crippen molar-refractivity contribution in [3.05, 3.63) is 29.0 Å². The number of hydrogen-bond acceptors (Lipinski definition) is 1. The van der Waals surface area contributed by atoms with Gasteiger partial charge in [0, 0.05) is 6.54 Å². The lowest BCUT2D eigenvalue weighted by atomic mass is 10.1. The second kappa shape index (κ2) is 4.75. The van der Waals surface area contributed by atoms with Crippen LogP contribution in [-0.2, 0) is 12.4 Å². The second-order valence-corrected chi connectivity index (χ2v) is 5.87. The SMILES string of the molecule is CC(Cn1c(CCl)nc2cccc(Cl)c21)C1CC1. The molecule has 1 unspecified atom stereocenters. The van der Waals surface area contributed by atoms with E-state index >= 15 is 0 Å². The molecule has 1 fully saturated rings. The van der Waals surface area contributed by atoms with Crippen molar-refractivity contribution < 1.29 is 0 Å². The van der Waals surface area contributed by atoms with Crippen LogP contribution in [0, 0.1) is 11.8 Å². The number of fused-ring (bicyclic) bond motifs is 1. The highest BCUT2D eigenvalue weighted by Crippen LogP contribution is 2.38. The highest BCUT2D eigenvalue weighted by molar-refractivity contribution is 6.35. The number of rotatable bonds is 4. The van der Waals surface area contributed by atoms with Gasteiger partial charge < -0.3 is 4.57 Å². The molecule has 1 aromatic carbocycles. The minimum absolute atomic E-state index is 0.433. The van der Waals surface area contributed by atoms with E-state index in [0.717, 1.165) is 34.3 Å². The molecule has 1 saturated carbocycles.